The number of sulfone groups is 1. The largest absolute Gasteiger partial charge is 0.396 e. The van der Waals surface area contributed by atoms with Gasteiger partial charge in [-0.05, 0) is 18.1 Å². The molecule has 0 saturated carbocycles. The van der Waals surface area contributed by atoms with Gasteiger partial charge in [-0.3, -0.25) is 0 Å². The van der Waals surface area contributed by atoms with Crippen molar-refractivity contribution in [1.29, 1.82) is 0 Å². The Balaban J connectivity index is 2.61. The van der Waals surface area contributed by atoms with E-state index in [1.807, 2.05) is 6.07 Å². The van der Waals surface area contributed by atoms with E-state index in [-0.39, 0.29) is 18.3 Å². The summed E-state index contributed by atoms with van der Waals surface area (Å²) >= 11 is 0. The van der Waals surface area contributed by atoms with Gasteiger partial charge in [0.1, 0.15) is 0 Å². The van der Waals surface area contributed by atoms with E-state index in [9.17, 15) is 8.42 Å². The molecule has 1 aliphatic rings. The zero-order chi connectivity index (χ0) is 10.2. The van der Waals surface area contributed by atoms with Gasteiger partial charge in [0.25, 0.3) is 0 Å². The number of hydrogen-bond donors (Lipinski definition) is 1. The van der Waals surface area contributed by atoms with Crippen molar-refractivity contribution in [3.8, 4) is 0 Å². The topological polar surface area (TPSA) is 54.4 Å². The van der Waals surface area contributed by atoms with E-state index in [0.717, 1.165) is 5.56 Å². The fourth-order valence-electron chi connectivity index (χ4n) is 1.85. The lowest BCUT2D eigenvalue weighted by molar-refractivity contribution is 0.259. The number of aliphatic hydroxyl groups is 1. The summed E-state index contributed by atoms with van der Waals surface area (Å²) in [6.45, 7) is 0.0204. The van der Waals surface area contributed by atoms with Crippen molar-refractivity contribution in [2.75, 3.05) is 12.4 Å². The van der Waals surface area contributed by atoms with Crippen LogP contribution in [0.4, 0.5) is 0 Å². The minimum atomic E-state index is -3.10. The van der Waals surface area contributed by atoms with E-state index in [1.165, 1.54) is 0 Å². The van der Waals surface area contributed by atoms with Gasteiger partial charge in [-0.2, -0.15) is 0 Å². The van der Waals surface area contributed by atoms with Crippen LogP contribution in [0.1, 0.15) is 17.9 Å². The summed E-state index contributed by atoms with van der Waals surface area (Å²) in [6.07, 6.45) is 0.524. The molecule has 0 bridgehead atoms. The molecule has 0 saturated heterocycles. The van der Waals surface area contributed by atoms with Crippen molar-refractivity contribution < 1.29 is 13.5 Å². The molecule has 0 spiro atoms. The third-order valence-corrected chi connectivity index (χ3v) is 4.46. The lowest BCUT2D eigenvalue weighted by atomic mass is 9.97. The second-order valence-corrected chi connectivity index (χ2v) is 5.60. The molecule has 0 fully saturated rings. The van der Waals surface area contributed by atoms with Gasteiger partial charge in [0.15, 0.2) is 9.84 Å². The number of fused-ring (bicyclic) bond motifs is 1. The Bertz CT molecular complexity index is 436. The summed E-state index contributed by atoms with van der Waals surface area (Å²) < 4.78 is 23.3. The highest BCUT2D eigenvalue weighted by atomic mass is 32.2. The van der Waals surface area contributed by atoms with Crippen LogP contribution in [0.2, 0.25) is 0 Å². The summed E-state index contributed by atoms with van der Waals surface area (Å²) in [5, 5.41) is 9.11. The van der Waals surface area contributed by atoms with Crippen molar-refractivity contribution in [3.05, 3.63) is 29.8 Å². The first-order chi connectivity index (χ1) is 6.65. The fourth-order valence-corrected chi connectivity index (χ4v) is 3.55. The maximum Gasteiger partial charge on any atom is 0.178 e. The smallest absolute Gasteiger partial charge is 0.178 e. The maximum atomic E-state index is 11.7. The van der Waals surface area contributed by atoms with Crippen LogP contribution >= 0.6 is 0 Å². The van der Waals surface area contributed by atoms with Gasteiger partial charge in [-0.25, -0.2) is 8.42 Å². The van der Waals surface area contributed by atoms with Crippen LogP contribution in [-0.4, -0.2) is 25.9 Å². The highest BCUT2D eigenvalue weighted by molar-refractivity contribution is 7.91. The molecule has 14 heavy (non-hydrogen) atoms. The van der Waals surface area contributed by atoms with Gasteiger partial charge in [-0.15, -0.1) is 0 Å². The van der Waals surface area contributed by atoms with E-state index in [2.05, 4.69) is 0 Å². The van der Waals surface area contributed by atoms with E-state index >= 15 is 0 Å². The van der Waals surface area contributed by atoms with Crippen molar-refractivity contribution >= 4 is 9.84 Å². The summed E-state index contributed by atoms with van der Waals surface area (Å²) in [5.74, 6) is 0.129. The van der Waals surface area contributed by atoms with E-state index < -0.39 is 9.84 Å². The Kier molecular flexibility index (Phi) is 2.33. The second kappa shape index (κ2) is 3.37. The summed E-state index contributed by atoms with van der Waals surface area (Å²) in [5.41, 5.74) is 0.765. The van der Waals surface area contributed by atoms with E-state index in [1.54, 1.807) is 18.2 Å². The van der Waals surface area contributed by atoms with Crippen molar-refractivity contribution in [3.63, 3.8) is 0 Å². The number of benzene rings is 1. The van der Waals surface area contributed by atoms with E-state index in [0.29, 0.717) is 11.3 Å². The predicted octanol–water partition coefficient (Wildman–Crippen LogP) is 0.940. The number of rotatable bonds is 1. The molecule has 1 atom stereocenters. The first-order valence-corrected chi connectivity index (χ1v) is 6.23. The molecular weight excluding hydrogens is 200 g/mol. The monoisotopic (exact) mass is 212 g/mol. The fraction of sp³-hybridized carbons (Fsp3) is 0.400. The molecule has 0 aromatic heterocycles. The van der Waals surface area contributed by atoms with Crippen LogP contribution in [0.25, 0.3) is 0 Å². The molecule has 1 heterocycles. The minimum Gasteiger partial charge on any atom is -0.396 e. The van der Waals surface area contributed by atoms with Gasteiger partial charge < -0.3 is 5.11 Å². The summed E-state index contributed by atoms with van der Waals surface area (Å²) in [6, 6.07) is 6.93. The molecule has 1 unspecified atom stereocenters. The average Bonchev–Trinajstić information content (AvgIpc) is 2.18. The van der Waals surface area contributed by atoms with Gasteiger partial charge >= 0.3 is 0 Å². The second-order valence-electron chi connectivity index (χ2n) is 3.52. The predicted molar refractivity (Wildman–Crippen MR) is 52.9 cm³/mol. The molecule has 0 aliphatic carbocycles. The first-order valence-electron chi connectivity index (χ1n) is 4.57. The Hall–Kier alpha value is -0.870. The standard InChI is InChI=1S/C10H12O3S/c11-7-8-5-6-14(12,13)10-4-2-1-3-9(8)10/h1-4,8,11H,5-7H2. The number of aliphatic hydroxyl groups excluding tert-OH is 1. The molecule has 1 aliphatic heterocycles. The maximum absolute atomic E-state index is 11.7. The van der Waals surface area contributed by atoms with Gasteiger partial charge in [0, 0.05) is 5.92 Å². The molecule has 0 amide bonds. The van der Waals surface area contributed by atoms with Gasteiger partial charge in [-0.1, -0.05) is 18.2 Å². The molecular formula is C10H12O3S. The lowest BCUT2D eigenvalue weighted by Gasteiger charge is -2.23. The molecule has 4 heteroatoms. The van der Waals surface area contributed by atoms with Gasteiger partial charge in [0.05, 0.1) is 17.3 Å². The summed E-state index contributed by atoms with van der Waals surface area (Å²) in [7, 11) is -3.10. The van der Waals surface area contributed by atoms with E-state index in [4.69, 9.17) is 5.11 Å². The average molecular weight is 212 g/mol. The Morgan fingerprint density at radius 2 is 2.07 bits per heavy atom. The molecule has 0 radical (unpaired) electrons. The minimum absolute atomic E-state index is 0.0188. The molecule has 1 N–H and O–H groups in total. The van der Waals surface area contributed by atoms with Crippen molar-refractivity contribution in [2.45, 2.75) is 17.2 Å². The Labute approximate surface area is 83.3 Å². The number of hydrogen-bond acceptors (Lipinski definition) is 3. The Morgan fingerprint density at radius 1 is 1.36 bits per heavy atom. The zero-order valence-corrected chi connectivity index (χ0v) is 8.50. The van der Waals surface area contributed by atoms with Crippen LogP contribution in [0, 0.1) is 0 Å². The van der Waals surface area contributed by atoms with Crippen molar-refractivity contribution in [1.82, 2.24) is 0 Å². The molecule has 1 aromatic rings. The van der Waals surface area contributed by atoms with Crippen LogP contribution in [0.3, 0.4) is 0 Å². The van der Waals surface area contributed by atoms with Crippen molar-refractivity contribution in [2.24, 2.45) is 0 Å². The first kappa shape index (κ1) is 9.68. The quantitative estimate of drug-likeness (QED) is 0.753. The lowest BCUT2D eigenvalue weighted by Crippen LogP contribution is -2.21. The Morgan fingerprint density at radius 3 is 2.79 bits per heavy atom. The zero-order valence-electron chi connectivity index (χ0n) is 7.68. The van der Waals surface area contributed by atoms with Crippen LogP contribution in [0.5, 0.6) is 0 Å². The highest BCUT2D eigenvalue weighted by Gasteiger charge is 2.29. The third kappa shape index (κ3) is 1.44. The third-order valence-electron chi connectivity index (χ3n) is 2.65. The van der Waals surface area contributed by atoms with Crippen LogP contribution in [-0.2, 0) is 9.84 Å². The van der Waals surface area contributed by atoms with Crippen LogP contribution in [0.15, 0.2) is 29.2 Å². The van der Waals surface area contributed by atoms with Crippen LogP contribution < -0.4 is 0 Å². The molecule has 1 aromatic carbocycles. The molecule has 76 valence electrons. The molecule has 3 nitrogen and oxygen atoms in total. The SMILES string of the molecule is O=S1(=O)CCC(CO)c2ccccc21. The highest BCUT2D eigenvalue weighted by Crippen LogP contribution is 2.32. The van der Waals surface area contributed by atoms with Gasteiger partial charge in [0.2, 0.25) is 0 Å². The normalized spacial score (nSPS) is 24.2. The summed E-state index contributed by atoms with van der Waals surface area (Å²) in [4.78, 5) is 0.394. The molecule has 2 rings (SSSR count).